The number of carboxylic acids is 1. The highest BCUT2D eigenvalue weighted by Gasteiger charge is 2.35. The predicted octanol–water partition coefficient (Wildman–Crippen LogP) is 1.90. The zero-order valence-corrected chi connectivity index (χ0v) is 13.9. The number of carboxylic acid groups (broad SMARTS) is 1. The summed E-state index contributed by atoms with van der Waals surface area (Å²) >= 11 is 0. The molecule has 2 amide bonds. The molecule has 0 aliphatic carbocycles. The lowest BCUT2D eigenvalue weighted by Crippen LogP contribution is -2.30. The maximum atomic E-state index is 12.5. The number of imide groups is 1. The Morgan fingerprint density at radius 3 is 2.15 bits per heavy atom. The average molecular weight is 353 g/mol. The molecule has 7 nitrogen and oxygen atoms in total. The van der Waals surface area contributed by atoms with Crippen LogP contribution < -0.4 is 0 Å². The van der Waals surface area contributed by atoms with Crippen molar-refractivity contribution in [1.29, 1.82) is 0 Å². The second kappa shape index (κ2) is 6.79. The van der Waals surface area contributed by atoms with Gasteiger partial charge in [-0.3, -0.25) is 19.3 Å². The minimum atomic E-state index is -1.14. The molecular weight excluding hydrogens is 338 g/mol. The van der Waals surface area contributed by atoms with Gasteiger partial charge in [-0.2, -0.15) is 0 Å². The Morgan fingerprint density at radius 2 is 1.62 bits per heavy atom. The van der Waals surface area contributed by atoms with Gasteiger partial charge in [0.05, 0.1) is 36.8 Å². The number of rotatable bonds is 5. The molecule has 0 spiro atoms. The van der Waals surface area contributed by atoms with Crippen molar-refractivity contribution in [2.45, 2.75) is 13.0 Å². The van der Waals surface area contributed by atoms with Crippen LogP contribution in [0.15, 0.2) is 42.5 Å². The zero-order valence-electron chi connectivity index (χ0n) is 13.9. The molecule has 26 heavy (non-hydrogen) atoms. The Hall–Kier alpha value is -3.48. The van der Waals surface area contributed by atoms with Gasteiger partial charge >= 0.3 is 11.9 Å². The lowest BCUT2D eigenvalue weighted by molar-refractivity contribution is -0.139. The lowest BCUT2D eigenvalue weighted by Gasteiger charge is -2.17. The van der Waals surface area contributed by atoms with E-state index in [1.807, 2.05) is 0 Å². The van der Waals surface area contributed by atoms with E-state index in [1.165, 1.54) is 25.3 Å². The highest BCUT2D eigenvalue weighted by Crippen LogP contribution is 2.26. The van der Waals surface area contributed by atoms with Crippen molar-refractivity contribution in [3.05, 3.63) is 70.3 Å². The normalized spacial score (nSPS) is 12.9. The Labute approximate surface area is 148 Å². The van der Waals surface area contributed by atoms with Crippen molar-refractivity contribution >= 4 is 23.8 Å². The first-order chi connectivity index (χ1) is 12.4. The minimum absolute atomic E-state index is 0.00484. The fraction of sp³-hybridized carbons (Fsp3) is 0.158. The number of fused-ring (bicyclic) bond motifs is 1. The van der Waals surface area contributed by atoms with Gasteiger partial charge in [0, 0.05) is 0 Å². The van der Waals surface area contributed by atoms with Crippen LogP contribution in [0.2, 0.25) is 0 Å². The summed E-state index contributed by atoms with van der Waals surface area (Å²) in [5, 5.41) is 9.20. The molecule has 7 heteroatoms. The van der Waals surface area contributed by atoms with Gasteiger partial charge < -0.3 is 9.84 Å². The van der Waals surface area contributed by atoms with E-state index in [0.717, 1.165) is 4.90 Å². The molecule has 0 atom stereocenters. The first-order valence-electron chi connectivity index (χ1n) is 7.79. The molecule has 1 N–H and O–H groups in total. The van der Waals surface area contributed by atoms with Gasteiger partial charge in [-0.1, -0.05) is 18.2 Å². The molecule has 1 aliphatic rings. The van der Waals surface area contributed by atoms with Crippen LogP contribution in [0.25, 0.3) is 0 Å². The number of amides is 2. The van der Waals surface area contributed by atoms with Crippen LogP contribution in [0.4, 0.5) is 0 Å². The molecule has 0 saturated carbocycles. The average Bonchev–Trinajstić information content (AvgIpc) is 2.88. The molecule has 0 bridgehead atoms. The summed E-state index contributed by atoms with van der Waals surface area (Å²) in [6.07, 6.45) is -0.0884. The highest BCUT2D eigenvalue weighted by molar-refractivity contribution is 6.21. The standard InChI is InChI=1S/C19H15NO6/c1-26-16(21)9-11-6-7-12(19(24)25)8-13(11)10-20-17(22)14-4-2-3-5-15(14)18(20)23/h2-8H,9-10H2,1H3,(H,24,25). The fourth-order valence-electron chi connectivity index (χ4n) is 2.86. The van der Waals surface area contributed by atoms with Crippen LogP contribution in [-0.4, -0.2) is 40.9 Å². The van der Waals surface area contributed by atoms with Gasteiger partial charge in [-0.15, -0.1) is 0 Å². The SMILES string of the molecule is COC(=O)Cc1ccc(C(=O)O)cc1CN1C(=O)c2ccccc2C1=O. The van der Waals surface area contributed by atoms with Crippen molar-refractivity contribution in [3.63, 3.8) is 0 Å². The number of methoxy groups -OCH3 is 1. The number of hydrogen-bond acceptors (Lipinski definition) is 5. The first kappa shape index (κ1) is 17.3. The third kappa shape index (κ3) is 3.06. The van der Waals surface area contributed by atoms with E-state index in [2.05, 4.69) is 4.74 Å². The summed E-state index contributed by atoms with van der Waals surface area (Å²) in [6.45, 7) is -0.125. The maximum absolute atomic E-state index is 12.5. The molecule has 0 unspecified atom stereocenters. The summed E-state index contributed by atoms with van der Waals surface area (Å²) < 4.78 is 4.65. The third-order valence-corrected chi connectivity index (χ3v) is 4.22. The summed E-state index contributed by atoms with van der Waals surface area (Å²) in [5.41, 5.74) is 1.52. The number of nitrogens with zero attached hydrogens (tertiary/aromatic N) is 1. The molecule has 0 saturated heterocycles. The lowest BCUT2D eigenvalue weighted by atomic mass is 10.0. The number of esters is 1. The van der Waals surface area contributed by atoms with Crippen molar-refractivity contribution in [2.75, 3.05) is 7.11 Å². The van der Waals surface area contributed by atoms with E-state index in [1.54, 1.807) is 24.3 Å². The summed E-state index contributed by atoms with van der Waals surface area (Å²) in [7, 11) is 1.25. The van der Waals surface area contributed by atoms with Gasteiger partial charge in [0.25, 0.3) is 11.8 Å². The van der Waals surface area contributed by atoms with Crippen LogP contribution in [-0.2, 0) is 22.5 Å². The number of benzene rings is 2. The van der Waals surface area contributed by atoms with Gasteiger partial charge in [0.15, 0.2) is 0 Å². The predicted molar refractivity (Wildman–Crippen MR) is 89.8 cm³/mol. The summed E-state index contributed by atoms with van der Waals surface area (Å²) in [4.78, 5) is 48.9. The molecule has 2 aromatic carbocycles. The first-order valence-corrected chi connectivity index (χ1v) is 7.79. The molecule has 132 valence electrons. The van der Waals surface area contributed by atoms with Crippen molar-refractivity contribution < 1.29 is 29.0 Å². The van der Waals surface area contributed by atoms with E-state index in [4.69, 9.17) is 0 Å². The molecule has 0 fully saturated rings. The molecule has 2 aromatic rings. The quantitative estimate of drug-likeness (QED) is 0.651. The Bertz CT molecular complexity index is 898. The Morgan fingerprint density at radius 1 is 1.00 bits per heavy atom. The van der Waals surface area contributed by atoms with Gasteiger partial charge in [0.1, 0.15) is 0 Å². The van der Waals surface area contributed by atoms with E-state index >= 15 is 0 Å². The van der Waals surface area contributed by atoms with Gasteiger partial charge in [-0.25, -0.2) is 4.79 Å². The smallest absolute Gasteiger partial charge is 0.335 e. The molecular formula is C19H15NO6. The summed E-state index contributed by atoms with van der Waals surface area (Å²) in [6, 6.07) is 10.7. The minimum Gasteiger partial charge on any atom is -0.478 e. The maximum Gasteiger partial charge on any atom is 0.335 e. The fourth-order valence-corrected chi connectivity index (χ4v) is 2.86. The molecule has 0 aromatic heterocycles. The van der Waals surface area contributed by atoms with Crippen LogP contribution in [0.5, 0.6) is 0 Å². The second-order valence-corrected chi connectivity index (χ2v) is 5.78. The van der Waals surface area contributed by atoms with Crippen LogP contribution in [0.3, 0.4) is 0 Å². The number of carbonyl (C=O) groups is 4. The van der Waals surface area contributed by atoms with Crippen molar-refractivity contribution in [2.24, 2.45) is 0 Å². The van der Waals surface area contributed by atoms with Gasteiger partial charge in [-0.05, 0) is 35.4 Å². The number of aromatic carboxylic acids is 1. The van der Waals surface area contributed by atoms with E-state index in [-0.39, 0.29) is 18.5 Å². The van der Waals surface area contributed by atoms with Gasteiger partial charge in [0.2, 0.25) is 0 Å². The number of carbonyl (C=O) groups excluding carboxylic acids is 3. The molecule has 3 rings (SSSR count). The van der Waals surface area contributed by atoms with E-state index in [0.29, 0.717) is 22.3 Å². The summed E-state index contributed by atoms with van der Waals surface area (Å²) in [5.74, 6) is -2.54. The number of hydrogen-bond donors (Lipinski definition) is 1. The largest absolute Gasteiger partial charge is 0.478 e. The Balaban J connectivity index is 1.97. The molecule has 1 heterocycles. The van der Waals surface area contributed by atoms with E-state index < -0.39 is 23.8 Å². The van der Waals surface area contributed by atoms with E-state index in [9.17, 15) is 24.3 Å². The van der Waals surface area contributed by atoms with Crippen molar-refractivity contribution in [1.82, 2.24) is 4.90 Å². The third-order valence-electron chi connectivity index (χ3n) is 4.22. The molecule has 0 radical (unpaired) electrons. The van der Waals surface area contributed by atoms with Crippen LogP contribution in [0.1, 0.15) is 42.2 Å². The Kier molecular flexibility index (Phi) is 4.53. The van der Waals surface area contributed by atoms with Crippen molar-refractivity contribution in [3.8, 4) is 0 Å². The van der Waals surface area contributed by atoms with Crippen LogP contribution in [0, 0.1) is 0 Å². The topological polar surface area (TPSA) is 101 Å². The second-order valence-electron chi connectivity index (χ2n) is 5.78. The highest BCUT2D eigenvalue weighted by atomic mass is 16.5. The molecule has 1 aliphatic heterocycles. The zero-order chi connectivity index (χ0) is 18.8. The van der Waals surface area contributed by atoms with Crippen LogP contribution >= 0.6 is 0 Å². The number of ether oxygens (including phenoxy) is 1. The monoisotopic (exact) mass is 353 g/mol.